The number of halogens is 2. The Balaban J connectivity index is 1.67. The number of carbonyl (C=O) groups is 3. The van der Waals surface area contributed by atoms with Crippen LogP contribution in [-0.4, -0.2) is 47.7 Å². The minimum absolute atomic E-state index is 0.0684. The first-order valence-electron chi connectivity index (χ1n) is 8.86. The van der Waals surface area contributed by atoms with E-state index in [9.17, 15) is 23.2 Å². The van der Waals surface area contributed by atoms with E-state index in [0.717, 1.165) is 5.56 Å². The van der Waals surface area contributed by atoms with E-state index < -0.39 is 24.4 Å². The molecule has 1 aromatic rings. The van der Waals surface area contributed by atoms with E-state index in [1.165, 1.54) is 4.90 Å². The van der Waals surface area contributed by atoms with E-state index in [1.54, 1.807) is 12.1 Å². The van der Waals surface area contributed by atoms with Crippen LogP contribution < -0.4 is 16.4 Å². The summed E-state index contributed by atoms with van der Waals surface area (Å²) in [5.74, 6) is -3.98. The van der Waals surface area contributed by atoms with Crippen molar-refractivity contribution in [1.29, 1.82) is 0 Å². The van der Waals surface area contributed by atoms with Crippen molar-refractivity contribution in [3.05, 3.63) is 34.9 Å². The molecule has 0 aromatic heterocycles. The monoisotopic (exact) mass is 380 g/mol. The number of carbonyl (C=O) groups excluding carboxylic acids is 3. The molecular weight excluding hydrogens is 358 g/mol. The third-order valence-electron chi connectivity index (χ3n) is 4.92. The fraction of sp³-hybridized carbons (Fsp3) is 0.500. The quantitative estimate of drug-likeness (QED) is 0.473. The average Bonchev–Trinajstić information content (AvgIpc) is 2.96. The van der Waals surface area contributed by atoms with Crippen LogP contribution in [0.25, 0.3) is 0 Å². The van der Waals surface area contributed by atoms with Gasteiger partial charge in [0.05, 0.1) is 6.54 Å². The Morgan fingerprint density at radius 1 is 1.30 bits per heavy atom. The first kappa shape index (κ1) is 19.4. The number of rotatable bonds is 7. The topological polar surface area (TPSA) is 105 Å². The number of hydrogen-bond acceptors (Lipinski definition) is 5. The first-order chi connectivity index (χ1) is 12.8. The van der Waals surface area contributed by atoms with Crippen molar-refractivity contribution in [3.8, 4) is 0 Å². The van der Waals surface area contributed by atoms with Crippen LogP contribution in [0, 0.1) is 0 Å². The van der Waals surface area contributed by atoms with Gasteiger partial charge in [0.25, 0.3) is 11.8 Å². The van der Waals surface area contributed by atoms with Crippen LogP contribution in [0.3, 0.4) is 0 Å². The molecule has 9 heteroatoms. The molecule has 0 aliphatic carbocycles. The normalized spacial score (nSPS) is 20.0. The van der Waals surface area contributed by atoms with Crippen molar-refractivity contribution < 1.29 is 23.2 Å². The van der Waals surface area contributed by atoms with E-state index >= 15 is 0 Å². The van der Waals surface area contributed by atoms with Crippen molar-refractivity contribution in [1.82, 2.24) is 15.5 Å². The van der Waals surface area contributed by atoms with Crippen LogP contribution in [-0.2, 0) is 22.7 Å². The van der Waals surface area contributed by atoms with Crippen LogP contribution in [0.2, 0.25) is 0 Å². The van der Waals surface area contributed by atoms with Crippen molar-refractivity contribution in [3.63, 3.8) is 0 Å². The molecule has 2 aliphatic rings. The molecule has 1 unspecified atom stereocenters. The van der Waals surface area contributed by atoms with Crippen LogP contribution in [0.4, 0.5) is 8.78 Å². The number of imide groups is 1. The van der Waals surface area contributed by atoms with Gasteiger partial charge in [0, 0.05) is 38.0 Å². The highest BCUT2D eigenvalue weighted by molar-refractivity contribution is 6.05. The number of hydrogen-bond donors (Lipinski definition) is 3. The van der Waals surface area contributed by atoms with Gasteiger partial charge in [-0.15, -0.1) is 0 Å². The third-order valence-corrected chi connectivity index (χ3v) is 4.92. The summed E-state index contributed by atoms with van der Waals surface area (Å²) in [5.41, 5.74) is 7.00. The molecule has 1 atom stereocenters. The molecule has 2 aliphatic heterocycles. The third kappa shape index (κ3) is 4.14. The molecule has 3 amide bonds. The van der Waals surface area contributed by atoms with E-state index in [1.807, 2.05) is 6.07 Å². The Morgan fingerprint density at radius 2 is 2.07 bits per heavy atom. The van der Waals surface area contributed by atoms with Gasteiger partial charge >= 0.3 is 0 Å². The summed E-state index contributed by atoms with van der Waals surface area (Å²) in [6.07, 6.45) is 0.112. The molecule has 27 heavy (non-hydrogen) atoms. The number of fused-ring (bicyclic) bond motifs is 1. The molecule has 7 nitrogen and oxygen atoms in total. The maximum Gasteiger partial charge on any atom is 0.261 e. The summed E-state index contributed by atoms with van der Waals surface area (Å²) in [7, 11) is 0. The molecule has 0 saturated carbocycles. The number of alkyl halides is 2. The molecule has 0 radical (unpaired) electrons. The zero-order chi connectivity index (χ0) is 19.6. The van der Waals surface area contributed by atoms with E-state index in [-0.39, 0.29) is 37.7 Å². The number of nitrogens with one attached hydrogen (secondary N) is 2. The molecular formula is C18H22F2N4O3. The molecule has 1 fully saturated rings. The molecule has 0 spiro atoms. The van der Waals surface area contributed by atoms with Crippen molar-refractivity contribution >= 4 is 17.7 Å². The molecule has 2 heterocycles. The lowest BCUT2D eigenvalue weighted by molar-refractivity contribution is -0.136. The van der Waals surface area contributed by atoms with Crippen LogP contribution in [0.1, 0.15) is 40.7 Å². The first-order valence-corrected chi connectivity index (χ1v) is 8.86. The van der Waals surface area contributed by atoms with Gasteiger partial charge in [0.1, 0.15) is 6.04 Å². The van der Waals surface area contributed by atoms with Gasteiger partial charge in [-0.3, -0.25) is 19.7 Å². The van der Waals surface area contributed by atoms with Gasteiger partial charge in [-0.05, 0) is 17.5 Å². The number of benzene rings is 1. The van der Waals surface area contributed by atoms with Gasteiger partial charge in [-0.25, -0.2) is 8.78 Å². The SMILES string of the molecule is NCC(F)(F)CCNCc1cccc2c1C(=O)N(C1CCC(=O)NC1=O)C2. The zero-order valence-corrected chi connectivity index (χ0v) is 14.8. The van der Waals surface area contributed by atoms with Gasteiger partial charge in [0.2, 0.25) is 11.8 Å². The second-order valence-corrected chi connectivity index (χ2v) is 6.84. The van der Waals surface area contributed by atoms with Crippen molar-refractivity contribution in [2.75, 3.05) is 13.1 Å². The lowest BCUT2D eigenvalue weighted by Gasteiger charge is -2.29. The molecule has 1 saturated heterocycles. The summed E-state index contributed by atoms with van der Waals surface area (Å²) in [4.78, 5) is 37.8. The summed E-state index contributed by atoms with van der Waals surface area (Å²) < 4.78 is 26.4. The van der Waals surface area contributed by atoms with E-state index in [4.69, 9.17) is 5.73 Å². The lowest BCUT2D eigenvalue weighted by Crippen LogP contribution is -2.52. The van der Waals surface area contributed by atoms with Crippen molar-refractivity contribution in [2.45, 2.75) is 44.3 Å². The maximum absolute atomic E-state index is 13.2. The highest BCUT2D eigenvalue weighted by Gasteiger charge is 2.39. The van der Waals surface area contributed by atoms with Gasteiger partial charge in [-0.1, -0.05) is 18.2 Å². The van der Waals surface area contributed by atoms with E-state index in [2.05, 4.69) is 10.6 Å². The molecule has 4 N–H and O–H groups in total. The summed E-state index contributed by atoms with van der Waals surface area (Å²) in [6, 6.07) is 4.70. The molecule has 3 rings (SSSR count). The Hall–Kier alpha value is -2.39. The number of nitrogens with two attached hydrogens (primary N) is 1. The van der Waals surface area contributed by atoms with Gasteiger partial charge in [-0.2, -0.15) is 0 Å². The summed E-state index contributed by atoms with van der Waals surface area (Å²) >= 11 is 0. The smallest absolute Gasteiger partial charge is 0.261 e. The van der Waals surface area contributed by atoms with E-state index in [0.29, 0.717) is 24.1 Å². The Labute approximate surface area is 155 Å². The second kappa shape index (κ2) is 7.69. The highest BCUT2D eigenvalue weighted by Crippen LogP contribution is 2.29. The summed E-state index contributed by atoms with van der Waals surface area (Å²) in [5, 5.41) is 5.19. The minimum atomic E-state index is -2.91. The van der Waals surface area contributed by atoms with Crippen LogP contribution in [0.15, 0.2) is 18.2 Å². The van der Waals surface area contributed by atoms with Gasteiger partial charge < -0.3 is 16.0 Å². The average molecular weight is 380 g/mol. The lowest BCUT2D eigenvalue weighted by atomic mass is 10.0. The molecule has 0 bridgehead atoms. The fourth-order valence-electron chi connectivity index (χ4n) is 3.43. The summed E-state index contributed by atoms with van der Waals surface area (Å²) in [6.45, 7) is -0.0774. The fourth-order valence-corrected chi connectivity index (χ4v) is 3.43. The number of amides is 3. The standard InChI is InChI=1S/C18H22F2N4O3/c19-18(20,10-21)6-7-22-8-11-2-1-3-12-9-24(17(27)15(11)12)13-4-5-14(25)23-16(13)26/h1-3,13,22H,4-10,21H2,(H,23,25,26). The van der Waals surface area contributed by atoms with Gasteiger partial charge in [0.15, 0.2) is 0 Å². The molecule has 146 valence electrons. The molecule has 1 aromatic carbocycles. The predicted molar refractivity (Wildman–Crippen MR) is 92.8 cm³/mol. The largest absolute Gasteiger partial charge is 0.325 e. The second-order valence-electron chi connectivity index (χ2n) is 6.84. The Morgan fingerprint density at radius 3 is 2.78 bits per heavy atom. The highest BCUT2D eigenvalue weighted by atomic mass is 19.3. The van der Waals surface area contributed by atoms with Crippen molar-refractivity contribution in [2.24, 2.45) is 5.73 Å². The minimum Gasteiger partial charge on any atom is -0.325 e. The Kier molecular flexibility index (Phi) is 5.52. The zero-order valence-electron chi connectivity index (χ0n) is 14.8. The number of nitrogens with zero attached hydrogens (tertiary/aromatic N) is 1. The van der Waals surface area contributed by atoms with Crippen LogP contribution >= 0.6 is 0 Å². The van der Waals surface area contributed by atoms with Crippen LogP contribution in [0.5, 0.6) is 0 Å². The number of piperidine rings is 1. The Bertz CT molecular complexity index is 769. The maximum atomic E-state index is 13.2. The predicted octanol–water partition coefficient (Wildman–Crippen LogP) is 0.521.